The van der Waals surface area contributed by atoms with Crippen molar-refractivity contribution in [2.24, 2.45) is 4.99 Å². The molecular weight excluding hydrogens is 342 g/mol. The summed E-state index contributed by atoms with van der Waals surface area (Å²) in [4.78, 5) is 30.7. The molecule has 1 aliphatic rings. The van der Waals surface area contributed by atoms with Crippen molar-refractivity contribution in [3.63, 3.8) is 0 Å². The fourth-order valence-corrected chi connectivity index (χ4v) is 2.82. The fourth-order valence-electron chi connectivity index (χ4n) is 2.82. The normalized spacial score (nSPS) is 17.2. The van der Waals surface area contributed by atoms with E-state index in [-0.39, 0.29) is 19.1 Å². The van der Waals surface area contributed by atoms with Crippen LogP contribution in [0.2, 0.25) is 0 Å². The number of aliphatic imine (C=N–C) groups is 1. The third-order valence-corrected chi connectivity index (χ3v) is 4.30. The molecule has 1 aliphatic heterocycles. The fraction of sp³-hybridized carbons (Fsp3) is 0.381. The van der Waals surface area contributed by atoms with E-state index in [4.69, 9.17) is 4.74 Å². The second-order valence-electron chi connectivity index (χ2n) is 6.45. The van der Waals surface area contributed by atoms with Crippen LogP contribution in [0.1, 0.15) is 32.3 Å². The standard InChI is InChI=1S/C21H27N3O3/c1-4-12-22-18(16(2)3)14-23-20(25)19-11-8-13-24(19)21(26)27-15-17-9-6-5-7-10-17/h4-7,9-10,12,19H,2,8,11,13-15H2,1,3H3,(H,23,25)/b12-4-,22-18?. The monoisotopic (exact) mass is 369 g/mol. The van der Waals surface area contributed by atoms with Crippen molar-refractivity contribution < 1.29 is 14.3 Å². The van der Waals surface area contributed by atoms with Crippen LogP contribution in [-0.2, 0) is 16.1 Å². The van der Waals surface area contributed by atoms with Gasteiger partial charge in [-0.1, -0.05) is 43.0 Å². The zero-order valence-corrected chi connectivity index (χ0v) is 16.0. The zero-order chi connectivity index (χ0) is 19.6. The van der Waals surface area contributed by atoms with Crippen LogP contribution in [0.5, 0.6) is 0 Å². The molecule has 2 rings (SSSR count). The third kappa shape index (κ3) is 6.09. The number of hydrogen-bond acceptors (Lipinski definition) is 4. The van der Waals surface area contributed by atoms with Crippen LogP contribution < -0.4 is 5.32 Å². The van der Waals surface area contributed by atoms with E-state index in [9.17, 15) is 9.59 Å². The lowest BCUT2D eigenvalue weighted by Gasteiger charge is -2.23. The largest absolute Gasteiger partial charge is 0.445 e. The number of ether oxygens (including phenoxy) is 1. The number of hydrogen-bond donors (Lipinski definition) is 1. The van der Waals surface area contributed by atoms with Gasteiger partial charge < -0.3 is 10.1 Å². The molecule has 1 N–H and O–H groups in total. The summed E-state index contributed by atoms with van der Waals surface area (Å²) in [5.74, 6) is -0.196. The van der Waals surface area contributed by atoms with Gasteiger partial charge in [0, 0.05) is 12.7 Å². The van der Waals surface area contributed by atoms with Gasteiger partial charge in [0.1, 0.15) is 12.6 Å². The predicted molar refractivity (Wildman–Crippen MR) is 106 cm³/mol. The van der Waals surface area contributed by atoms with Gasteiger partial charge >= 0.3 is 6.09 Å². The van der Waals surface area contributed by atoms with Gasteiger partial charge in [-0.3, -0.25) is 14.7 Å². The molecule has 1 aromatic carbocycles. The maximum atomic E-state index is 12.6. The maximum Gasteiger partial charge on any atom is 0.410 e. The Morgan fingerprint density at radius 3 is 2.78 bits per heavy atom. The highest BCUT2D eigenvalue weighted by molar-refractivity contribution is 6.03. The minimum atomic E-state index is -0.513. The van der Waals surface area contributed by atoms with Crippen LogP contribution in [0.3, 0.4) is 0 Å². The Bertz CT molecular complexity index is 725. The molecule has 1 aromatic rings. The van der Waals surface area contributed by atoms with Crippen LogP contribution in [0, 0.1) is 0 Å². The summed E-state index contributed by atoms with van der Waals surface area (Å²) in [6.07, 6.45) is 4.42. The van der Waals surface area contributed by atoms with Crippen molar-refractivity contribution in [1.29, 1.82) is 0 Å². The van der Waals surface area contributed by atoms with Crippen LogP contribution >= 0.6 is 0 Å². The first-order valence-corrected chi connectivity index (χ1v) is 9.11. The van der Waals surface area contributed by atoms with Gasteiger partial charge in [-0.25, -0.2) is 4.79 Å². The summed E-state index contributed by atoms with van der Waals surface area (Å²) in [5.41, 5.74) is 2.41. The number of amides is 2. The quantitative estimate of drug-likeness (QED) is 0.748. The molecule has 1 heterocycles. The topological polar surface area (TPSA) is 71.0 Å². The Balaban J connectivity index is 1.91. The first-order chi connectivity index (χ1) is 13.0. The Kier molecular flexibility index (Phi) is 7.79. The number of rotatable bonds is 7. The molecular formula is C21H27N3O3. The van der Waals surface area contributed by atoms with Gasteiger partial charge in [-0.15, -0.1) is 0 Å². The van der Waals surface area contributed by atoms with E-state index in [1.807, 2.05) is 50.3 Å². The number of allylic oxidation sites excluding steroid dienone is 1. The lowest BCUT2D eigenvalue weighted by molar-refractivity contribution is -0.124. The van der Waals surface area contributed by atoms with Crippen molar-refractivity contribution in [2.75, 3.05) is 13.1 Å². The maximum absolute atomic E-state index is 12.6. The van der Waals surface area contributed by atoms with E-state index >= 15 is 0 Å². The summed E-state index contributed by atoms with van der Waals surface area (Å²) < 4.78 is 5.37. The summed E-state index contributed by atoms with van der Waals surface area (Å²) in [7, 11) is 0. The molecule has 0 saturated carbocycles. The molecule has 0 aliphatic carbocycles. The molecule has 0 spiro atoms. The van der Waals surface area contributed by atoms with Crippen molar-refractivity contribution in [1.82, 2.24) is 10.2 Å². The molecule has 0 bridgehead atoms. The predicted octanol–water partition coefficient (Wildman–Crippen LogP) is 3.45. The second kappa shape index (κ2) is 10.3. The molecule has 0 aromatic heterocycles. The van der Waals surface area contributed by atoms with E-state index in [1.54, 1.807) is 6.20 Å². The van der Waals surface area contributed by atoms with Crippen molar-refractivity contribution in [2.45, 2.75) is 39.3 Å². The molecule has 1 saturated heterocycles. The van der Waals surface area contributed by atoms with Crippen LogP contribution in [-0.4, -0.2) is 41.7 Å². The van der Waals surface area contributed by atoms with Gasteiger partial charge in [-0.2, -0.15) is 0 Å². The summed E-state index contributed by atoms with van der Waals surface area (Å²) in [6.45, 7) is 8.59. The number of carbonyl (C=O) groups excluding carboxylic acids is 2. The van der Waals surface area contributed by atoms with Gasteiger partial charge in [0.2, 0.25) is 5.91 Å². The zero-order valence-electron chi connectivity index (χ0n) is 16.0. The molecule has 1 atom stereocenters. The molecule has 1 fully saturated rings. The highest BCUT2D eigenvalue weighted by atomic mass is 16.6. The first kappa shape index (κ1) is 20.4. The molecule has 2 amide bonds. The Morgan fingerprint density at radius 1 is 1.37 bits per heavy atom. The van der Waals surface area contributed by atoms with Gasteiger partial charge in [0.25, 0.3) is 0 Å². The van der Waals surface area contributed by atoms with Crippen LogP contribution in [0.4, 0.5) is 4.79 Å². The highest BCUT2D eigenvalue weighted by Crippen LogP contribution is 2.19. The molecule has 27 heavy (non-hydrogen) atoms. The van der Waals surface area contributed by atoms with Crippen molar-refractivity contribution in [3.8, 4) is 0 Å². The number of likely N-dealkylation sites (tertiary alicyclic amines) is 1. The Labute approximate surface area is 160 Å². The first-order valence-electron chi connectivity index (χ1n) is 9.11. The average molecular weight is 369 g/mol. The summed E-state index contributed by atoms with van der Waals surface area (Å²) in [5, 5.41) is 2.86. The van der Waals surface area contributed by atoms with Crippen molar-refractivity contribution >= 4 is 17.7 Å². The number of benzene rings is 1. The molecule has 144 valence electrons. The van der Waals surface area contributed by atoms with E-state index in [1.165, 1.54) is 4.90 Å². The van der Waals surface area contributed by atoms with E-state index < -0.39 is 12.1 Å². The molecule has 6 nitrogen and oxygen atoms in total. The summed E-state index contributed by atoms with van der Waals surface area (Å²) >= 11 is 0. The van der Waals surface area contributed by atoms with Gasteiger partial charge in [0.05, 0.1) is 12.3 Å². The van der Waals surface area contributed by atoms with Gasteiger partial charge in [-0.05, 0) is 37.8 Å². The highest BCUT2D eigenvalue weighted by Gasteiger charge is 2.35. The van der Waals surface area contributed by atoms with E-state index in [0.717, 1.165) is 17.6 Å². The second-order valence-corrected chi connectivity index (χ2v) is 6.45. The minimum absolute atomic E-state index is 0.195. The SMILES string of the molecule is C=C(C)C(CNC(=O)C1CCCN1C(=O)OCc1ccccc1)=N/C=C\C. The molecule has 0 radical (unpaired) electrons. The lowest BCUT2D eigenvalue weighted by atomic mass is 10.2. The number of nitrogens with zero attached hydrogens (tertiary/aromatic N) is 2. The molecule has 6 heteroatoms. The van der Waals surface area contributed by atoms with E-state index in [2.05, 4.69) is 16.9 Å². The van der Waals surface area contributed by atoms with Crippen LogP contribution in [0.15, 0.2) is 59.8 Å². The average Bonchev–Trinajstić information content (AvgIpc) is 3.16. The third-order valence-electron chi connectivity index (χ3n) is 4.30. The molecule has 1 unspecified atom stereocenters. The van der Waals surface area contributed by atoms with Crippen molar-refractivity contribution in [3.05, 3.63) is 60.3 Å². The number of carbonyl (C=O) groups is 2. The Hall–Kier alpha value is -2.89. The van der Waals surface area contributed by atoms with E-state index in [0.29, 0.717) is 18.7 Å². The van der Waals surface area contributed by atoms with Crippen LogP contribution in [0.25, 0.3) is 0 Å². The smallest absolute Gasteiger partial charge is 0.410 e. The number of nitrogens with one attached hydrogen (secondary N) is 1. The summed E-state index contributed by atoms with van der Waals surface area (Å²) in [6, 6.07) is 8.97. The lowest BCUT2D eigenvalue weighted by Crippen LogP contribution is -2.47. The Morgan fingerprint density at radius 2 is 2.11 bits per heavy atom. The van der Waals surface area contributed by atoms with Gasteiger partial charge in [0.15, 0.2) is 0 Å². The minimum Gasteiger partial charge on any atom is -0.445 e.